The molecular formula is C28H46BrN3O3. The first-order valence-corrected chi connectivity index (χ1v) is 14.4. The van der Waals surface area contributed by atoms with Gasteiger partial charge in [0.25, 0.3) is 0 Å². The number of aliphatic hydroxyl groups is 1. The van der Waals surface area contributed by atoms with Crippen LogP contribution in [0.2, 0.25) is 0 Å². The summed E-state index contributed by atoms with van der Waals surface area (Å²) >= 11 is 3.58. The van der Waals surface area contributed by atoms with Gasteiger partial charge in [-0.2, -0.15) is 0 Å². The number of likely N-dealkylation sites (tertiary alicyclic amines) is 1. The van der Waals surface area contributed by atoms with E-state index >= 15 is 0 Å². The van der Waals surface area contributed by atoms with Gasteiger partial charge < -0.3 is 25.4 Å². The van der Waals surface area contributed by atoms with E-state index in [1.807, 2.05) is 36.2 Å². The van der Waals surface area contributed by atoms with Crippen molar-refractivity contribution in [1.29, 1.82) is 0 Å². The predicted octanol–water partition coefficient (Wildman–Crippen LogP) is 5.43. The number of carbonyl (C=O) groups is 1. The lowest BCUT2D eigenvalue weighted by Crippen LogP contribution is -2.54. The second-order valence-corrected chi connectivity index (χ2v) is 11.5. The number of unbranched alkanes of at least 4 members (excludes halogenated alkanes) is 1. The zero-order chi connectivity index (χ0) is 25.1. The molecule has 2 aliphatic rings. The van der Waals surface area contributed by atoms with E-state index in [0.29, 0.717) is 25.5 Å². The molecule has 3 N–H and O–H groups in total. The number of amides is 2. The Morgan fingerprint density at radius 1 is 1.23 bits per heavy atom. The number of nitrogens with one attached hydrogen (secondary N) is 2. The van der Waals surface area contributed by atoms with E-state index in [1.165, 1.54) is 32.1 Å². The molecule has 3 atom stereocenters. The number of urea groups is 1. The number of benzene rings is 1. The quantitative estimate of drug-likeness (QED) is 0.302. The number of hydrogen-bond acceptors (Lipinski definition) is 4. The van der Waals surface area contributed by atoms with E-state index in [0.717, 1.165) is 55.2 Å². The molecule has 1 saturated heterocycles. The summed E-state index contributed by atoms with van der Waals surface area (Å²) in [7, 11) is 3.67. The van der Waals surface area contributed by atoms with Crippen molar-refractivity contribution in [3.05, 3.63) is 34.3 Å². The van der Waals surface area contributed by atoms with Gasteiger partial charge in [0, 0.05) is 49.8 Å². The molecule has 0 radical (unpaired) electrons. The second kappa shape index (κ2) is 14.6. The van der Waals surface area contributed by atoms with Crippen molar-refractivity contribution in [3.8, 4) is 0 Å². The van der Waals surface area contributed by atoms with Crippen LogP contribution < -0.4 is 10.6 Å². The maximum atomic E-state index is 13.4. The van der Waals surface area contributed by atoms with Crippen LogP contribution in [-0.2, 0) is 10.3 Å². The molecule has 1 heterocycles. The largest absolute Gasteiger partial charge is 0.385 e. The highest BCUT2D eigenvalue weighted by molar-refractivity contribution is 9.10. The summed E-state index contributed by atoms with van der Waals surface area (Å²) in [4.78, 5) is 15.3. The minimum atomic E-state index is -0.969. The molecule has 2 fully saturated rings. The highest BCUT2D eigenvalue weighted by Crippen LogP contribution is 2.40. The predicted molar refractivity (Wildman–Crippen MR) is 146 cm³/mol. The highest BCUT2D eigenvalue weighted by atomic mass is 79.9. The molecule has 0 aromatic heterocycles. The molecule has 198 valence electrons. The molecule has 0 bridgehead atoms. The Morgan fingerprint density at radius 2 is 2.03 bits per heavy atom. The monoisotopic (exact) mass is 551 g/mol. The van der Waals surface area contributed by atoms with Gasteiger partial charge in [0.1, 0.15) is 0 Å². The fourth-order valence-electron chi connectivity index (χ4n) is 6.07. The first-order valence-electron chi connectivity index (χ1n) is 13.6. The molecule has 6 nitrogen and oxygen atoms in total. The van der Waals surface area contributed by atoms with Crippen LogP contribution in [0.5, 0.6) is 0 Å². The number of rotatable bonds is 12. The number of methoxy groups -OCH3 is 1. The Kier molecular flexibility index (Phi) is 11.8. The number of ether oxygens (including phenoxy) is 1. The third kappa shape index (κ3) is 8.44. The van der Waals surface area contributed by atoms with Gasteiger partial charge in [-0.15, -0.1) is 0 Å². The summed E-state index contributed by atoms with van der Waals surface area (Å²) in [5.74, 6) is 0.713. The number of likely N-dealkylation sites (N-methyl/N-ethyl adjacent to an activating group) is 1. The van der Waals surface area contributed by atoms with Crippen LogP contribution in [0.4, 0.5) is 4.79 Å². The summed E-state index contributed by atoms with van der Waals surface area (Å²) in [6.45, 7) is 2.81. The lowest BCUT2D eigenvalue weighted by Gasteiger charge is -2.43. The molecule has 3 unspecified atom stereocenters. The molecular weight excluding hydrogens is 506 g/mol. The van der Waals surface area contributed by atoms with Gasteiger partial charge in [-0.05, 0) is 69.2 Å². The highest BCUT2D eigenvalue weighted by Gasteiger charge is 2.41. The number of carbonyl (C=O) groups excluding carboxylic acids is 1. The van der Waals surface area contributed by atoms with Crippen molar-refractivity contribution >= 4 is 22.0 Å². The fraction of sp³-hybridized carbons (Fsp3) is 0.750. The van der Waals surface area contributed by atoms with Gasteiger partial charge >= 0.3 is 6.03 Å². The van der Waals surface area contributed by atoms with E-state index in [9.17, 15) is 9.90 Å². The van der Waals surface area contributed by atoms with Crippen molar-refractivity contribution in [2.45, 2.75) is 82.3 Å². The first-order chi connectivity index (χ1) is 17.0. The average Bonchev–Trinajstić information content (AvgIpc) is 2.87. The first kappa shape index (κ1) is 28.4. The van der Waals surface area contributed by atoms with Crippen LogP contribution in [0.25, 0.3) is 0 Å². The minimum Gasteiger partial charge on any atom is -0.385 e. The molecule has 1 aliphatic heterocycles. The van der Waals surface area contributed by atoms with Crippen LogP contribution in [-0.4, -0.2) is 62.5 Å². The molecule has 1 aromatic rings. The SMILES string of the molecule is CNCC(CC1CCCCC1)NC(=O)N1CCCC(C(O)(CCCCOC)c2cccc(Br)c2)C1. The fourth-order valence-corrected chi connectivity index (χ4v) is 6.46. The zero-order valence-electron chi connectivity index (χ0n) is 21.7. The van der Waals surface area contributed by atoms with Gasteiger partial charge in [-0.25, -0.2) is 4.79 Å². The van der Waals surface area contributed by atoms with Crippen LogP contribution >= 0.6 is 15.9 Å². The van der Waals surface area contributed by atoms with Crippen molar-refractivity contribution in [3.63, 3.8) is 0 Å². The van der Waals surface area contributed by atoms with Crippen molar-refractivity contribution in [1.82, 2.24) is 15.5 Å². The number of halogens is 1. The third-order valence-electron chi connectivity index (χ3n) is 7.99. The molecule has 35 heavy (non-hydrogen) atoms. The van der Waals surface area contributed by atoms with Gasteiger partial charge in [-0.3, -0.25) is 0 Å². The van der Waals surface area contributed by atoms with E-state index < -0.39 is 5.60 Å². The maximum absolute atomic E-state index is 13.4. The molecule has 1 saturated carbocycles. The van der Waals surface area contributed by atoms with E-state index in [1.54, 1.807) is 7.11 Å². The third-order valence-corrected chi connectivity index (χ3v) is 8.48. The smallest absolute Gasteiger partial charge is 0.317 e. The molecule has 7 heteroatoms. The van der Waals surface area contributed by atoms with Crippen molar-refractivity contribution < 1.29 is 14.6 Å². The normalized spacial score (nSPS) is 21.9. The van der Waals surface area contributed by atoms with Crippen LogP contribution in [0.15, 0.2) is 28.7 Å². The Bertz CT molecular complexity index is 774. The van der Waals surface area contributed by atoms with Crippen LogP contribution in [0, 0.1) is 11.8 Å². The molecule has 1 aliphatic carbocycles. The lowest BCUT2D eigenvalue weighted by atomic mass is 9.74. The van der Waals surface area contributed by atoms with E-state index in [2.05, 4.69) is 26.6 Å². The summed E-state index contributed by atoms with van der Waals surface area (Å²) < 4.78 is 6.20. The zero-order valence-corrected chi connectivity index (χ0v) is 23.3. The van der Waals surface area contributed by atoms with Crippen molar-refractivity contribution in [2.75, 3.05) is 40.4 Å². The summed E-state index contributed by atoms with van der Waals surface area (Å²) in [5, 5.41) is 18.7. The van der Waals surface area contributed by atoms with E-state index in [4.69, 9.17) is 4.74 Å². The Labute approximate surface area is 220 Å². The van der Waals surface area contributed by atoms with Gasteiger partial charge in [0.2, 0.25) is 0 Å². The summed E-state index contributed by atoms with van der Waals surface area (Å²) in [5.41, 5.74) is -0.0370. The van der Waals surface area contributed by atoms with Gasteiger partial charge in [0.15, 0.2) is 0 Å². The van der Waals surface area contributed by atoms with E-state index in [-0.39, 0.29) is 18.0 Å². The van der Waals surface area contributed by atoms with Gasteiger partial charge in [0.05, 0.1) is 5.60 Å². The minimum absolute atomic E-state index is 0.0000560. The summed E-state index contributed by atoms with van der Waals surface area (Å²) in [6, 6.07) is 8.19. The van der Waals surface area contributed by atoms with Gasteiger partial charge in [-0.1, -0.05) is 60.2 Å². The standard InChI is InChI=1S/C28H46BrN3O3/c1-30-20-26(18-22-10-4-3-5-11-22)31-27(33)32-16-9-13-24(21-32)28(34,15-6-7-17-35-2)23-12-8-14-25(29)19-23/h8,12,14,19,22,24,26,30,34H,3-7,9-11,13,15-18,20-21H2,1-2H3,(H,31,33). The topological polar surface area (TPSA) is 73.8 Å². The summed E-state index contributed by atoms with van der Waals surface area (Å²) in [6.07, 6.45) is 11.9. The van der Waals surface area contributed by atoms with Crippen molar-refractivity contribution in [2.24, 2.45) is 11.8 Å². The molecule has 0 spiro atoms. The molecule has 3 rings (SSSR count). The Balaban J connectivity index is 1.67. The Hall–Kier alpha value is -1.15. The number of nitrogens with zero attached hydrogens (tertiary/aromatic N) is 1. The number of hydrogen-bond donors (Lipinski definition) is 3. The maximum Gasteiger partial charge on any atom is 0.317 e. The average molecular weight is 553 g/mol. The van der Waals surface area contributed by atoms with Crippen LogP contribution in [0.1, 0.15) is 76.2 Å². The molecule has 2 amide bonds. The number of piperidine rings is 1. The second-order valence-electron chi connectivity index (χ2n) is 10.6. The lowest BCUT2D eigenvalue weighted by molar-refractivity contribution is -0.0564. The van der Waals surface area contributed by atoms with Crippen LogP contribution in [0.3, 0.4) is 0 Å². The Morgan fingerprint density at radius 3 is 2.74 bits per heavy atom. The molecule has 1 aromatic carbocycles.